The lowest BCUT2D eigenvalue weighted by atomic mass is 9.95. The van der Waals surface area contributed by atoms with Gasteiger partial charge < -0.3 is 10.4 Å². The molecule has 1 unspecified atom stereocenters. The van der Waals surface area contributed by atoms with Crippen molar-refractivity contribution >= 4 is 23.2 Å². The Bertz CT molecular complexity index is 712. The second-order valence-corrected chi connectivity index (χ2v) is 5.78. The van der Waals surface area contributed by atoms with Gasteiger partial charge in [0, 0.05) is 17.1 Å². The quantitative estimate of drug-likeness (QED) is 0.890. The maximum atomic E-state index is 11.4. The van der Waals surface area contributed by atoms with E-state index in [-0.39, 0.29) is 5.91 Å². The number of hydrogen-bond donors (Lipinski definition) is 2. The number of amides is 1. The van der Waals surface area contributed by atoms with Crippen molar-refractivity contribution in [1.29, 1.82) is 0 Å². The Morgan fingerprint density at radius 3 is 2.62 bits per heavy atom. The van der Waals surface area contributed by atoms with Gasteiger partial charge in [-0.05, 0) is 47.7 Å². The van der Waals surface area contributed by atoms with E-state index in [1.807, 2.05) is 37.3 Å². The van der Waals surface area contributed by atoms with E-state index in [2.05, 4.69) is 5.32 Å². The summed E-state index contributed by atoms with van der Waals surface area (Å²) in [5.41, 5.74) is 4.49. The highest BCUT2D eigenvalue weighted by Crippen LogP contribution is 2.30. The number of carbonyl (C=O) groups is 1. The number of aliphatic hydroxyl groups excluding tert-OH is 1. The minimum atomic E-state index is -0.691. The van der Waals surface area contributed by atoms with Crippen molar-refractivity contribution in [2.45, 2.75) is 25.9 Å². The van der Waals surface area contributed by atoms with Crippen molar-refractivity contribution in [3.05, 3.63) is 63.7 Å². The van der Waals surface area contributed by atoms with Crippen LogP contribution in [0.25, 0.3) is 0 Å². The van der Waals surface area contributed by atoms with E-state index >= 15 is 0 Å². The number of benzene rings is 2. The molecule has 108 valence electrons. The molecular formula is C17H16ClNO2. The number of aryl methyl sites for hydroxylation is 2. The summed E-state index contributed by atoms with van der Waals surface area (Å²) >= 11 is 6.02. The summed E-state index contributed by atoms with van der Waals surface area (Å²) in [6, 6.07) is 11.2. The molecule has 4 heteroatoms. The van der Waals surface area contributed by atoms with E-state index < -0.39 is 6.10 Å². The fraction of sp³-hybridized carbons (Fsp3) is 0.235. The molecule has 2 aromatic rings. The summed E-state index contributed by atoms with van der Waals surface area (Å²) in [6.45, 7) is 1.92. The van der Waals surface area contributed by atoms with Crippen molar-refractivity contribution in [3.63, 3.8) is 0 Å². The monoisotopic (exact) mass is 301 g/mol. The molecule has 0 saturated carbocycles. The molecule has 0 aliphatic carbocycles. The van der Waals surface area contributed by atoms with E-state index in [9.17, 15) is 9.90 Å². The minimum Gasteiger partial charge on any atom is -0.384 e. The third kappa shape index (κ3) is 2.80. The van der Waals surface area contributed by atoms with Crippen LogP contribution in [0, 0.1) is 6.92 Å². The number of rotatable bonds is 2. The van der Waals surface area contributed by atoms with Crippen LogP contribution in [0.2, 0.25) is 5.02 Å². The van der Waals surface area contributed by atoms with E-state index in [1.54, 1.807) is 6.07 Å². The van der Waals surface area contributed by atoms with Gasteiger partial charge in [0.15, 0.2) is 0 Å². The summed E-state index contributed by atoms with van der Waals surface area (Å²) in [6.07, 6.45) is 0.512. The number of hydrogen-bond acceptors (Lipinski definition) is 2. The molecule has 1 aliphatic heterocycles. The summed E-state index contributed by atoms with van der Waals surface area (Å²) in [7, 11) is 0. The molecule has 0 spiro atoms. The van der Waals surface area contributed by atoms with E-state index in [1.165, 1.54) is 0 Å². The Kier molecular flexibility index (Phi) is 3.70. The second kappa shape index (κ2) is 5.51. The molecule has 3 rings (SSSR count). The zero-order valence-corrected chi connectivity index (χ0v) is 12.4. The number of anilines is 1. The molecule has 1 amide bonds. The van der Waals surface area contributed by atoms with Gasteiger partial charge in [0.1, 0.15) is 6.10 Å². The molecule has 1 aliphatic rings. The van der Waals surface area contributed by atoms with Crippen LogP contribution in [0.4, 0.5) is 5.69 Å². The summed E-state index contributed by atoms with van der Waals surface area (Å²) in [4.78, 5) is 11.4. The molecular weight excluding hydrogens is 286 g/mol. The number of fused-ring (bicyclic) bond motifs is 1. The lowest BCUT2D eigenvalue weighted by molar-refractivity contribution is -0.116. The summed E-state index contributed by atoms with van der Waals surface area (Å²) < 4.78 is 0. The van der Waals surface area contributed by atoms with Gasteiger partial charge in [0.25, 0.3) is 0 Å². The zero-order valence-electron chi connectivity index (χ0n) is 11.7. The first kappa shape index (κ1) is 14.1. The van der Waals surface area contributed by atoms with Gasteiger partial charge >= 0.3 is 0 Å². The van der Waals surface area contributed by atoms with Crippen LogP contribution >= 0.6 is 11.6 Å². The van der Waals surface area contributed by atoms with Crippen molar-refractivity contribution in [3.8, 4) is 0 Å². The first-order valence-electron chi connectivity index (χ1n) is 6.91. The second-order valence-electron chi connectivity index (χ2n) is 5.38. The van der Waals surface area contributed by atoms with Crippen LogP contribution in [0.5, 0.6) is 0 Å². The molecule has 2 N–H and O–H groups in total. The highest BCUT2D eigenvalue weighted by atomic mass is 35.5. The Morgan fingerprint density at radius 2 is 1.86 bits per heavy atom. The van der Waals surface area contributed by atoms with Gasteiger partial charge in [-0.2, -0.15) is 0 Å². The first-order chi connectivity index (χ1) is 10.0. The Hall–Kier alpha value is -1.84. The summed E-state index contributed by atoms with van der Waals surface area (Å²) in [5, 5.41) is 14.1. The highest BCUT2D eigenvalue weighted by Gasteiger charge is 2.18. The van der Waals surface area contributed by atoms with Gasteiger partial charge in [-0.1, -0.05) is 35.9 Å². The maximum Gasteiger partial charge on any atom is 0.224 e. The third-order valence-corrected chi connectivity index (χ3v) is 4.26. The maximum absolute atomic E-state index is 11.4. The van der Waals surface area contributed by atoms with Crippen molar-refractivity contribution in [2.75, 3.05) is 5.32 Å². The molecule has 0 bridgehead atoms. The number of halogens is 1. The smallest absolute Gasteiger partial charge is 0.224 e. The van der Waals surface area contributed by atoms with Gasteiger partial charge in [0.05, 0.1) is 0 Å². The van der Waals surface area contributed by atoms with Crippen molar-refractivity contribution < 1.29 is 9.90 Å². The Morgan fingerprint density at radius 1 is 1.14 bits per heavy atom. The van der Waals surface area contributed by atoms with E-state index in [0.29, 0.717) is 17.9 Å². The van der Waals surface area contributed by atoms with Crippen LogP contribution in [0.3, 0.4) is 0 Å². The van der Waals surface area contributed by atoms with E-state index in [4.69, 9.17) is 11.6 Å². The van der Waals surface area contributed by atoms with Crippen LogP contribution in [-0.4, -0.2) is 11.0 Å². The van der Waals surface area contributed by atoms with Crippen molar-refractivity contribution in [1.82, 2.24) is 0 Å². The molecule has 0 aromatic heterocycles. The molecule has 0 fully saturated rings. The molecule has 0 saturated heterocycles. The van der Waals surface area contributed by atoms with E-state index in [0.717, 1.165) is 27.9 Å². The minimum absolute atomic E-state index is 0.0455. The predicted molar refractivity (Wildman–Crippen MR) is 83.6 cm³/mol. The molecule has 3 nitrogen and oxygen atoms in total. The lowest BCUT2D eigenvalue weighted by Gasteiger charge is -2.19. The van der Waals surface area contributed by atoms with Gasteiger partial charge in [0.2, 0.25) is 5.91 Å². The Balaban J connectivity index is 1.93. The van der Waals surface area contributed by atoms with Crippen LogP contribution in [0.15, 0.2) is 36.4 Å². The predicted octanol–water partition coefficient (Wildman–Crippen LogP) is 3.61. The fourth-order valence-electron chi connectivity index (χ4n) is 2.60. The Labute approximate surface area is 128 Å². The van der Waals surface area contributed by atoms with Crippen molar-refractivity contribution in [2.24, 2.45) is 0 Å². The molecule has 2 aromatic carbocycles. The molecule has 1 atom stereocenters. The topological polar surface area (TPSA) is 49.3 Å². The largest absolute Gasteiger partial charge is 0.384 e. The number of carbonyl (C=O) groups excluding carboxylic acids is 1. The molecule has 1 heterocycles. The molecule has 0 radical (unpaired) electrons. The fourth-order valence-corrected chi connectivity index (χ4v) is 2.72. The average Bonchev–Trinajstić information content (AvgIpc) is 2.49. The third-order valence-electron chi connectivity index (χ3n) is 3.84. The van der Waals surface area contributed by atoms with Crippen LogP contribution in [0.1, 0.15) is 34.8 Å². The van der Waals surface area contributed by atoms with Gasteiger partial charge in [-0.3, -0.25) is 4.79 Å². The normalized spacial score (nSPS) is 15.3. The average molecular weight is 302 g/mol. The highest BCUT2D eigenvalue weighted by molar-refractivity contribution is 6.31. The zero-order chi connectivity index (χ0) is 15.0. The van der Waals surface area contributed by atoms with Crippen LogP contribution in [-0.2, 0) is 11.2 Å². The SMILES string of the molecule is Cc1cc(C(O)c2ccc3c(c2)CCC(=O)N3)ccc1Cl. The van der Waals surface area contributed by atoms with Gasteiger partial charge in [-0.25, -0.2) is 0 Å². The van der Waals surface area contributed by atoms with Crippen LogP contribution < -0.4 is 5.32 Å². The first-order valence-corrected chi connectivity index (χ1v) is 7.29. The number of aliphatic hydroxyl groups is 1. The van der Waals surface area contributed by atoms with Gasteiger partial charge in [-0.15, -0.1) is 0 Å². The number of nitrogens with one attached hydrogen (secondary N) is 1. The standard InChI is InChI=1S/C17H16ClNO2/c1-10-8-12(2-5-14(10)18)17(21)13-3-6-15-11(9-13)4-7-16(20)19-15/h2-3,5-6,8-9,17,21H,4,7H2,1H3,(H,19,20). The summed E-state index contributed by atoms with van der Waals surface area (Å²) in [5.74, 6) is 0.0455. The molecule has 21 heavy (non-hydrogen) atoms. The lowest BCUT2D eigenvalue weighted by Crippen LogP contribution is -2.19.